The van der Waals surface area contributed by atoms with Crippen LogP contribution in [0.4, 0.5) is 0 Å². The van der Waals surface area contributed by atoms with Crippen molar-refractivity contribution < 1.29 is 4.79 Å². The van der Waals surface area contributed by atoms with Crippen molar-refractivity contribution in [3.8, 4) is 0 Å². The lowest BCUT2D eigenvalue weighted by molar-refractivity contribution is -0.137. The maximum Gasteiger partial charge on any atom is 0.226 e. The molecule has 1 aliphatic heterocycles. The van der Waals surface area contributed by atoms with Crippen molar-refractivity contribution in [2.24, 2.45) is 11.3 Å². The number of amides is 1. The number of nitrogens with zero attached hydrogens (tertiary/aromatic N) is 3. The fourth-order valence-corrected chi connectivity index (χ4v) is 5.27. The predicted octanol–water partition coefficient (Wildman–Crippen LogP) is 3.31. The summed E-state index contributed by atoms with van der Waals surface area (Å²) in [5, 5.41) is 3.26. The van der Waals surface area contributed by atoms with E-state index in [4.69, 9.17) is 0 Å². The molecule has 0 N–H and O–H groups in total. The van der Waals surface area contributed by atoms with Crippen LogP contribution in [0.1, 0.15) is 43.5 Å². The van der Waals surface area contributed by atoms with E-state index in [-0.39, 0.29) is 5.92 Å². The Labute approximate surface area is 148 Å². The van der Waals surface area contributed by atoms with E-state index >= 15 is 0 Å². The van der Waals surface area contributed by atoms with Crippen LogP contribution in [0.25, 0.3) is 0 Å². The molecule has 1 saturated heterocycles. The zero-order chi connectivity index (χ0) is 16.6. The van der Waals surface area contributed by atoms with Gasteiger partial charge in [0.1, 0.15) is 5.01 Å². The molecule has 1 amide bonds. The second kappa shape index (κ2) is 6.60. The molecule has 0 bridgehead atoms. The summed E-state index contributed by atoms with van der Waals surface area (Å²) in [6.45, 7) is 2.88. The molecule has 2 heterocycles. The van der Waals surface area contributed by atoms with Gasteiger partial charge < -0.3 is 4.90 Å². The van der Waals surface area contributed by atoms with Crippen molar-refractivity contribution in [2.45, 2.75) is 51.1 Å². The van der Waals surface area contributed by atoms with E-state index in [0.29, 0.717) is 17.4 Å². The number of carbonyl (C=O) groups is 1. The van der Waals surface area contributed by atoms with Crippen molar-refractivity contribution in [3.63, 3.8) is 0 Å². The lowest BCUT2D eigenvalue weighted by atomic mass is 9.89. The van der Waals surface area contributed by atoms with Gasteiger partial charge in [-0.2, -0.15) is 0 Å². The third-order valence-corrected chi connectivity index (χ3v) is 7.00. The molecule has 4 nitrogen and oxygen atoms in total. The standard InChI is InChI=1S/C19H27N3OS/c1-21(14-17-20-9-12-24-17)16-13-19(16)7-10-22(11-8-19)18(23)15-5-3-2-4-6-15/h2-3,9,12,15-16H,4-8,10-11,13-14H2,1H3/t15-,16-/m1/s1. The minimum absolute atomic E-state index is 0.242. The van der Waals surface area contributed by atoms with Crippen molar-refractivity contribution >= 4 is 17.2 Å². The summed E-state index contributed by atoms with van der Waals surface area (Å²) in [4.78, 5) is 21.7. The largest absolute Gasteiger partial charge is 0.342 e. The quantitative estimate of drug-likeness (QED) is 0.786. The summed E-state index contributed by atoms with van der Waals surface area (Å²) in [5.41, 5.74) is 0.468. The van der Waals surface area contributed by atoms with Crippen LogP contribution >= 0.6 is 11.3 Å². The summed E-state index contributed by atoms with van der Waals surface area (Å²) < 4.78 is 0. The van der Waals surface area contributed by atoms with E-state index in [0.717, 1.165) is 38.9 Å². The molecule has 1 aromatic rings. The minimum atomic E-state index is 0.242. The maximum atomic E-state index is 12.7. The third-order valence-electron chi connectivity index (χ3n) is 6.24. The summed E-state index contributed by atoms with van der Waals surface area (Å²) in [6.07, 6.45) is 13.0. The Hall–Kier alpha value is -1.20. The molecule has 0 unspecified atom stereocenters. The zero-order valence-corrected chi connectivity index (χ0v) is 15.3. The van der Waals surface area contributed by atoms with Crippen molar-refractivity contribution in [1.29, 1.82) is 0 Å². The smallest absolute Gasteiger partial charge is 0.226 e. The van der Waals surface area contributed by atoms with E-state index in [1.807, 2.05) is 6.20 Å². The molecule has 1 saturated carbocycles. The van der Waals surface area contributed by atoms with Gasteiger partial charge in [0.15, 0.2) is 0 Å². The predicted molar refractivity (Wildman–Crippen MR) is 96.7 cm³/mol. The fraction of sp³-hybridized carbons (Fsp3) is 0.684. The van der Waals surface area contributed by atoms with Gasteiger partial charge in [-0.15, -0.1) is 11.3 Å². The third kappa shape index (κ3) is 3.16. The topological polar surface area (TPSA) is 36.4 Å². The normalized spacial score (nSPS) is 28.5. The van der Waals surface area contributed by atoms with Crippen LogP contribution in [-0.2, 0) is 11.3 Å². The van der Waals surface area contributed by atoms with Crippen LogP contribution in [0.3, 0.4) is 0 Å². The van der Waals surface area contributed by atoms with Crippen molar-refractivity contribution in [1.82, 2.24) is 14.8 Å². The first-order valence-corrected chi connectivity index (χ1v) is 10.1. The molecule has 0 radical (unpaired) electrons. The number of rotatable bonds is 4. The first-order chi connectivity index (χ1) is 11.7. The maximum absolute atomic E-state index is 12.7. The molecule has 1 spiro atoms. The van der Waals surface area contributed by atoms with Gasteiger partial charge in [-0.1, -0.05) is 12.2 Å². The number of hydrogen-bond acceptors (Lipinski definition) is 4. The number of hydrogen-bond donors (Lipinski definition) is 0. The Morgan fingerprint density at radius 3 is 2.92 bits per heavy atom. The van der Waals surface area contributed by atoms with Crippen LogP contribution in [0.15, 0.2) is 23.7 Å². The lowest BCUT2D eigenvalue weighted by Gasteiger charge is -2.36. The van der Waals surface area contributed by atoms with Crippen LogP contribution < -0.4 is 0 Å². The van der Waals surface area contributed by atoms with Crippen molar-refractivity contribution in [3.05, 3.63) is 28.7 Å². The van der Waals surface area contributed by atoms with Crippen LogP contribution in [0.2, 0.25) is 0 Å². The Bertz CT molecular complexity index is 604. The summed E-state index contributed by atoms with van der Waals surface area (Å²) >= 11 is 1.74. The Balaban J connectivity index is 1.29. The first-order valence-electron chi connectivity index (χ1n) is 9.20. The zero-order valence-electron chi connectivity index (χ0n) is 14.5. The van der Waals surface area contributed by atoms with E-state index in [2.05, 4.69) is 39.4 Å². The number of carbonyl (C=O) groups excluding carboxylic acids is 1. The highest BCUT2D eigenvalue weighted by Gasteiger charge is 2.57. The number of aromatic nitrogens is 1. The second-order valence-corrected chi connectivity index (χ2v) is 8.71. The average molecular weight is 346 g/mol. The molecular formula is C19H27N3OS. The van der Waals surface area contributed by atoms with Gasteiger partial charge in [0.05, 0.1) is 6.54 Å². The molecule has 130 valence electrons. The Morgan fingerprint density at radius 1 is 1.42 bits per heavy atom. The SMILES string of the molecule is CN(Cc1nccs1)[C@@H]1CC12CCN(C(=O)[C@@H]1CC=CCC1)CC2. The van der Waals surface area contributed by atoms with Crippen LogP contribution in [0.5, 0.6) is 0 Å². The average Bonchev–Trinajstić information content (AvgIpc) is 3.07. The molecule has 2 aliphatic carbocycles. The van der Waals surface area contributed by atoms with Gasteiger partial charge in [-0.3, -0.25) is 9.69 Å². The number of allylic oxidation sites excluding steroid dienone is 2. The summed E-state index contributed by atoms with van der Waals surface area (Å²) in [5.74, 6) is 0.647. The second-order valence-electron chi connectivity index (χ2n) is 7.73. The number of thiazole rings is 1. The summed E-state index contributed by atoms with van der Waals surface area (Å²) in [7, 11) is 2.23. The molecule has 24 heavy (non-hydrogen) atoms. The van der Waals surface area contributed by atoms with Gasteiger partial charge in [0.25, 0.3) is 0 Å². The number of likely N-dealkylation sites (tertiary alicyclic amines) is 1. The molecular weight excluding hydrogens is 318 g/mol. The van der Waals surface area contributed by atoms with Crippen molar-refractivity contribution in [2.75, 3.05) is 20.1 Å². The molecule has 1 aromatic heterocycles. The van der Waals surface area contributed by atoms with Gasteiger partial charge >= 0.3 is 0 Å². The first kappa shape index (κ1) is 16.3. The molecule has 0 aromatic carbocycles. The molecule has 3 aliphatic rings. The van der Waals surface area contributed by atoms with Crippen LogP contribution in [0, 0.1) is 11.3 Å². The lowest BCUT2D eigenvalue weighted by Crippen LogP contribution is -2.44. The molecule has 2 atom stereocenters. The highest BCUT2D eigenvalue weighted by molar-refractivity contribution is 7.09. The Kier molecular flexibility index (Phi) is 4.48. The van der Waals surface area contributed by atoms with E-state index < -0.39 is 0 Å². The van der Waals surface area contributed by atoms with Gasteiger partial charge in [0, 0.05) is 36.6 Å². The fourth-order valence-electron chi connectivity index (χ4n) is 4.59. The monoisotopic (exact) mass is 345 g/mol. The van der Waals surface area contributed by atoms with Crippen LogP contribution in [-0.4, -0.2) is 46.9 Å². The summed E-state index contributed by atoms with van der Waals surface area (Å²) in [6, 6.07) is 0.677. The highest BCUT2D eigenvalue weighted by atomic mass is 32.1. The van der Waals surface area contributed by atoms with E-state index in [1.165, 1.54) is 24.3 Å². The van der Waals surface area contributed by atoms with Gasteiger partial charge in [-0.25, -0.2) is 4.98 Å². The molecule has 2 fully saturated rings. The molecule has 4 rings (SSSR count). The highest BCUT2D eigenvalue weighted by Crippen LogP contribution is 2.56. The van der Waals surface area contributed by atoms with Gasteiger partial charge in [0.2, 0.25) is 5.91 Å². The molecule has 5 heteroatoms. The van der Waals surface area contributed by atoms with Gasteiger partial charge in [-0.05, 0) is 51.0 Å². The number of piperidine rings is 1. The van der Waals surface area contributed by atoms with E-state index in [9.17, 15) is 4.79 Å². The minimum Gasteiger partial charge on any atom is -0.342 e. The van der Waals surface area contributed by atoms with E-state index in [1.54, 1.807) is 11.3 Å². The Morgan fingerprint density at radius 2 is 2.25 bits per heavy atom.